The summed E-state index contributed by atoms with van der Waals surface area (Å²) < 4.78 is 27.8. The summed E-state index contributed by atoms with van der Waals surface area (Å²) in [5.74, 6) is -4.21. The van der Waals surface area contributed by atoms with Gasteiger partial charge in [-0.25, -0.2) is 0 Å². The number of alkyl halides is 2. The van der Waals surface area contributed by atoms with Crippen LogP contribution in [0.5, 0.6) is 0 Å². The van der Waals surface area contributed by atoms with Crippen LogP contribution in [0.2, 0.25) is 0 Å². The fourth-order valence-corrected chi connectivity index (χ4v) is 2.45. The van der Waals surface area contributed by atoms with Crippen LogP contribution in [0.3, 0.4) is 0 Å². The number of piperidine rings is 1. The molecule has 1 aliphatic rings. The summed E-state index contributed by atoms with van der Waals surface area (Å²) in [4.78, 5) is 11.6. The van der Waals surface area contributed by atoms with Gasteiger partial charge in [-0.3, -0.25) is 4.79 Å². The van der Waals surface area contributed by atoms with Gasteiger partial charge in [0, 0.05) is 12.1 Å². The first kappa shape index (κ1) is 14.9. The standard InChI is InChI=1S/C15H20F2N2O/c16-15(17,13-6-2-1-3-7-13)14(20)19-10-8-12-5-4-9-18-11-12/h1-3,6-7,12,18H,4-5,8-11H2,(H,19,20). The first-order valence-electron chi connectivity index (χ1n) is 7.03. The maximum absolute atomic E-state index is 13.9. The number of carbonyl (C=O) groups excluding carboxylic acids is 1. The fraction of sp³-hybridized carbons (Fsp3) is 0.533. The summed E-state index contributed by atoms with van der Waals surface area (Å²) in [7, 11) is 0. The summed E-state index contributed by atoms with van der Waals surface area (Å²) in [5.41, 5.74) is -0.267. The first-order chi connectivity index (χ1) is 9.60. The van der Waals surface area contributed by atoms with Crippen LogP contribution in [0.1, 0.15) is 24.8 Å². The summed E-state index contributed by atoms with van der Waals surface area (Å²) in [5, 5.41) is 5.62. The Labute approximate surface area is 117 Å². The normalized spacial score (nSPS) is 19.6. The van der Waals surface area contributed by atoms with Crippen molar-refractivity contribution < 1.29 is 13.6 Å². The molecule has 1 amide bonds. The van der Waals surface area contributed by atoms with E-state index >= 15 is 0 Å². The van der Waals surface area contributed by atoms with E-state index in [2.05, 4.69) is 10.6 Å². The molecule has 0 radical (unpaired) electrons. The van der Waals surface area contributed by atoms with Gasteiger partial charge < -0.3 is 10.6 Å². The van der Waals surface area contributed by atoms with Gasteiger partial charge >= 0.3 is 5.92 Å². The maximum atomic E-state index is 13.9. The van der Waals surface area contributed by atoms with Crippen molar-refractivity contribution in [3.05, 3.63) is 35.9 Å². The summed E-state index contributed by atoms with van der Waals surface area (Å²) in [6.07, 6.45) is 2.94. The van der Waals surface area contributed by atoms with Crippen molar-refractivity contribution in [3.8, 4) is 0 Å². The van der Waals surface area contributed by atoms with Crippen LogP contribution < -0.4 is 10.6 Å². The average molecular weight is 282 g/mol. The Bertz CT molecular complexity index is 431. The predicted molar refractivity (Wildman–Crippen MR) is 73.6 cm³/mol. The van der Waals surface area contributed by atoms with Crippen LogP contribution >= 0.6 is 0 Å². The highest BCUT2D eigenvalue weighted by atomic mass is 19.3. The van der Waals surface area contributed by atoms with Gasteiger partial charge in [0.15, 0.2) is 0 Å². The Morgan fingerprint density at radius 1 is 1.35 bits per heavy atom. The van der Waals surface area contributed by atoms with Crippen LogP contribution in [0.15, 0.2) is 30.3 Å². The molecular formula is C15H20F2N2O. The lowest BCUT2D eigenvalue weighted by atomic mass is 9.96. The molecule has 1 atom stereocenters. The van der Waals surface area contributed by atoms with E-state index in [1.807, 2.05) is 0 Å². The van der Waals surface area contributed by atoms with Gasteiger partial charge in [0.25, 0.3) is 5.91 Å². The molecule has 5 heteroatoms. The quantitative estimate of drug-likeness (QED) is 0.870. The van der Waals surface area contributed by atoms with E-state index in [4.69, 9.17) is 0 Å². The van der Waals surface area contributed by atoms with E-state index in [1.165, 1.54) is 24.3 Å². The highest BCUT2D eigenvalue weighted by molar-refractivity contribution is 5.84. The zero-order valence-electron chi connectivity index (χ0n) is 11.4. The van der Waals surface area contributed by atoms with Crippen molar-refractivity contribution in [1.82, 2.24) is 10.6 Å². The van der Waals surface area contributed by atoms with E-state index in [-0.39, 0.29) is 5.56 Å². The van der Waals surface area contributed by atoms with Crippen LogP contribution in [-0.4, -0.2) is 25.5 Å². The Kier molecular flexibility index (Phi) is 5.06. The van der Waals surface area contributed by atoms with Gasteiger partial charge in [-0.05, 0) is 38.3 Å². The lowest BCUT2D eigenvalue weighted by Crippen LogP contribution is -2.40. The number of rotatable bonds is 5. The minimum atomic E-state index is -3.47. The molecule has 2 N–H and O–H groups in total. The second-order valence-electron chi connectivity index (χ2n) is 5.20. The molecule has 1 aromatic rings. The third-order valence-corrected chi connectivity index (χ3v) is 3.66. The zero-order chi connectivity index (χ0) is 14.4. The van der Waals surface area contributed by atoms with Gasteiger partial charge in [-0.1, -0.05) is 30.3 Å². The molecule has 2 rings (SSSR count). The van der Waals surface area contributed by atoms with Crippen molar-refractivity contribution >= 4 is 5.91 Å². The molecule has 0 spiro atoms. The van der Waals surface area contributed by atoms with Crippen molar-refractivity contribution in [3.63, 3.8) is 0 Å². The van der Waals surface area contributed by atoms with Gasteiger partial charge in [0.2, 0.25) is 0 Å². The number of nitrogens with one attached hydrogen (secondary N) is 2. The number of halogens is 2. The lowest BCUT2D eigenvalue weighted by Gasteiger charge is -2.23. The van der Waals surface area contributed by atoms with E-state index in [0.29, 0.717) is 12.5 Å². The van der Waals surface area contributed by atoms with Crippen LogP contribution in [-0.2, 0) is 10.7 Å². The van der Waals surface area contributed by atoms with Gasteiger partial charge in [0.05, 0.1) is 0 Å². The Hall–Kier alpha value is -1.49. The number of carbonyl (C=O) groups is 1. The molecule has 0 saturated carbocycles. The third kappa shape index (κ3) is 3.76. The highest BCUT2D eigenvalue weighted by Gasteiger charge is 2.40. The number of hydrogen-bond donors (Lipinski definition) is 2. The molecule has 20 heavy (non-hydrogen) atoms. The second-order valence-corrected chi connectivity index (χ2v) is 5.20. The smallest absolute Gasteiger partial charge is 0.349 e. The maximum Gasteiger partial charge on any atom is 0.349 e. The van der Waals surface area contributed by atoms with Crippen molar-refractivity contribution in [2.45, 2.75) is 25.2 Å². The van der Waals surface area contributed by atoms with Crippen LogP contribution in [0.25, 0.3) is 0 Å². The molecule has 1 unspecified atom stereocenters. The molecule has 0 bridgehead atoms. The first-order valence-corrected chi connectivity index (χ1v) is 7.03. The predicted octanol–water partition coefficient (Wildman–Crippen LogP) is 2.28. The molecule has 0 aromatic heterocycles. The van der Waals surface area contributed by atoms with Gasteiger partial charge in [-0.2, -0.15) is 8.78 Å². The molecule has 1 aromatic carbocycles. The van der Waals surface area contributed by atoms with Crippen molar-refractivity contribution in [1.29, 1.82) is 0 Å². The Morgan fingerprint density at radius 3 is 2.75 bits per heavy atom. The van der Waals surface area contributed by atoms with E-state index in [9.17, 15) is 13.6 Å². The molecule has 110 valence electrons. The number of hydrogen-bond acceptors (Lipinski definition) is 2. The zero-order valence-corrected chi connectivity index (χ0v) is 11.4. The van der Waals surface area contributed by atoms with Crippen LogP contribution in [0.4, 0.5) is 8.78 Å². The Balaban J connectivity index is 1.81. The SMILES string of the molecule is O=C(NCCC1CCCNC1)C(F)(F)c1ccccc1. The summed E-state index contributed by atoms with van der Waals surface area (Å²) >= 11 is 0. The monoisotopic (exact) mass is 282 g/mol. The van der Waals surface area contributed by atoms with Crippen LogP contribution in [0, 0.1) is 5.92 Å². The van der Waals surface area contributed by atoms with Gasteiger partial charge in [0.1, 0.15) is 0 Å². The van der Waals surface area contributed by atoms with E-state index in [0.717, 1.165) is 32.4 Å². The van der Waals surface area contributed by atoms with Crippen molar-refractivity contribution in [2.75, 3.05) is 19.6 Å². The van der Waals surface area contributed by atoms with Gasteiger partial charge in [-0.15, -0.1) is 0 Å². The molecule has 0 aliphatic carbocycles. The molecule has 3 nitrogen and oxygen atoms in total. The summed E-state index contributed by atoms with van der Waals surface area (Å²) in [6.45, 7) is 2.23. The lowest BCUT2D eigenvalue weighted by molar-refractivity contribution is -0.147. The molecule has 1 fully saturated rings. The van der Waals surface area contributed by atoms with E-state index < -0.39 is 11.8 Å². The molecule has 1 saturated heterocycles. The van der Waals surface area contributed by atoms with Crippen molar-refractivity contribution in [2.24, 2.45) is 5.92 Å². The average Bonchev–Trinajstić information content (AvgIpc) is 2.49. The molecule has 1 aliphatic heterocycles. The fourth-order valence-electron chi connectivity index (χ4n) is 2.45. The van der Waals surface area contributed by atoms with E-state index in [1.54, 1.807) is 6.07 Å². The molecule has 1 heterocycles. The minimum Gasteiger partial charge on any atom is -0.351 e. The number of amides is 1. The topological polar surface area (TPSA) is 41.1 Å². The number of benzene rings is 1. The largest absolute Gasteiger partial charge is 0.351 e. The molecular weight excluding hydrogens is 262 g/mol. The third-order valence-electron chi connectivity index (χ3n) is 3.66. The summed E-state index contributed by atoms with van der Waals surface area (Å²) in [6, 6.07) is 7.19. The Morgan fingerprint density at radius 2 is 2.10 bits per heavy atom. The minimum absolute atomic E-state index is 0.267. The highest BCUT2D eigenvalue weighted by Crippen LogP contribution is 2.27. The second kappa shape index (κ2) is 6.79.